The van der Waals surface area contributed by atoms with Crippen molar-refractivity contribution in [3.63, 3.8) is 0 Å². The van der Waals surface area contributed by atoms with Crippen molar-refractivity contribution < 1.29 is 14.7 Å². The number of oxime groups is 1. The molecule has 0 aliphatic carbocycles. The third kappa shape index (κ3) is 6.71. The highest BCUT2D eigenvalue weighted by atomic mass is 32.1. The average molecular weight is 468 g/mol. The van der Waals surface area contributed by atoms with Crippen molar-refractivity contribution in [1.29, 1.82) is 0 Å². The Morgan fingerprint density at radius 2 is 1.76 bits per heavy atom. The maximum Gasteiger partial charge on any atom is 0.170 e. The van der Waals surface area contributed by atoms with E-state index in [9.17, 15) is 0 Å². The standard InChI is InChI=1S/C26H33N3O3S/c1-5-6-7-23(16-31-21-12-10-20(11-13-21)26(27)29-30)32-22-14-8-19(9-15-22)24-25(17(2)3)33-18(4)28-24/h8-15,17,23,30H,5-7,16H2,1-4H3,(H2,27,29). The van der Waals surface area contributed by atoms with E-state index < -0.39 is 0 Å². The highest BCUT2D eigenvalue weighted by Crippen LogP contribution is 2.34. The Hall–Kier alpha value is -3.06. The van der Waals surface area contributed by atoms with E-state index in [4.69, 9.17) is 25.4 Å². The Balaban J connectivity index is 1.66. The predicted octanol–water partition coefficient (Wildman–Crippen LogP) is 6.35. The zero-order valence-corrected chi connectivity index (χ0v) is 20.6. The van der Waals surface area contributed by atoms with Crippen molar-refractivity contribution >= 4 is 17.2 Å². The number of hydrogen-bond acceptors (Lipinski definition) is 6. The Morgan fingerprint density at radius 1 is 1.09 bits per heavy atom. The minimum atomic E-state index is -0.0627. The van der Waals surface area contributed by atoms with Crippen LogP contribution in [0.4, 0.5) is 0 Å². The van der Waals surface area contributed by atoms with Crippen LogP contribution < -0.4 is 15.2 Å². The first-order valence-electron chi connectivity index (χ1n) is 11.4. The van der Waals surface area contributed by atoms with Gasteiger partial charge in [-0.05, 0) is 74.2 Å². The zero-order valence-electron chi connectivity index (χ0n) is 19.7. The summed E-state index contributed by atoms with van der Waals surface area (Å²) in [6.07, 6.45) is 2.99. The molecule has 1 heterocycles. The van der Waals surface area contributed by atoms with Crippen molar-refractivity contribution in [3.05, 3.63) is 64.0 Å². The van der Waals surface area contributed by atoms with Crippen LogP contribution in [0.5, 0.6) is 11.5 Å². The molecule has 0 spiro atoms. The van der Waals surface area contributed by atoms with Gasteiger partial charge in [0.25, 0.3) is 0 Å². The summed E-state index contributed by atoms with van der Waals surface area (Å²) < 4.78 is 12.2. The largest absolute Gasteiger partial charge is 0.490 e. The highest BCUT2D eigenvalue weighted by molar-refractivity contribution is 7.12. The average Bonchev–Trinajstić information content (AvgIpc) is 3.23. The zero-order chi connectivity index (χ0) is 23.8. The predicted molar refractivity (Wildman–Crippen MR) is 135 cm³/mol. The molecule has 0 saturated heterocycles. The molecule has 0 radical (unpaired) electrons. The quantitative estimate of drug-likeness (QED) is 0.148. The topological polar surface area (TPSA) is 90.0 Å². The number of thiazole rings is 1. The first-order chi connectivity index (χ1) is 15.9. The van der Waals surface area contributed by atoms with Crippen LogP contribution in [0, 0.1) is 6.92 Å². The van der Waals surface area contributed by atoms with Gasteiger partial charge in [0.15, 0.2) is 5.84 Å². The second-order valence-corrected chi connectivity index (χ2v) is 9.56. The molecular formula is C26H33N3O3S. The normalized spacial score (nSPS) is 12.7. The number of unbranched alkanes of at least 4 members (excludes halogenated alkanes) is 1. The van der Waals surface area contributed by atoms with Gasteiger partial charge in [-0.2, -0.15) is 0 Å². The summed E-state index contributed by atoms with van der Waals surface area (Å²) in [5, 5.41) is 12.9. The van der Waals surface area contributed by atoms with Gasteiger partial charge in [0.2, 0.25) is 0 Å². The summed E-state index contributed by atoms with van der Waals surface area (Å²) in [7, 11) is 0. The maximum atomic E-state index is 8.79. The Morgan fingerprint density at radius 3 is 2.36 bits per heavy atom. The number of benzene rings is 2. The van der Waals surface area contributed by atoms with Gasteiger partial charge in [-0.15, -0.1) is 11.3 Å². The minimum Gasteiger partial charge on any atom is -0.490 e. The van der Waals surface area contributed by atoms with Crippen molar-refractivity contribution in [2.45, 2.75) is 59.0 Å². The van der Waals surface area contributed by atoms with E-state index in [1.54, 1.807) is 35.6 Å². The highest BCUT2D eigenvalue weighted by Gasteiger charge is 2.16. The van der Waals surface area contributed by atoms with Crippen LogP contribution in [0.1, 0.15) is 61.4 Å². The number of aromatic nitrogens is 1. The first kappa shape index (κ1) is 24.6. The smallest absolute Gasteiger partial charge is 0.170 e. The molecule has 3 N–H and O–H groups in total. The molecule has 0 aliphatic heterocycles. The van der Waals surface area contributed by atoms with Crippen LogP contribution in [-0.2, 0) is 0 Å². The number of ether oxygens (including phenoxy) is 2. The number of hydrogen-bond donors (Lipinski definition) is 2. The Bertz CT molecular complexity index is 1040. The SMILES string of the molecule is CCCCC(COc1ccc(C(N)=NO)cc1)Oc1ccc(-c2nc(C)sc2C(C)C)cc1. The number of nitrogens with two attached hydrogens (primary N) is 1. The molecule has 3 aromatic rings. The van der Waals surface area contributed by atoms with Crippen molar-refractivity contribution in [2.75, 3.05) is 6.61 Å². The van der Waals surface area contributed by atoms with Crippen molar-refractivity contribution in [1.82, 2.24) is 4.98 Å². The van der Waals surface area contributed by atoms with Gasteiger partial charge in [0.05, 0.1) is 10.7 Å². The Labute approximate surface area is 200 Å². The lowest BCUT2D eigenvalue weighted by Gasteiger charge is -2.20. The van der Waals surface area contributed by atoms with Gasteiger partial charge in [-0.25, -0.2) is 4.98 Å². The molecule has 176 valence electrons. The molecule has 0 amide bonds. The molecule has 33 heavy (non-hydrogen) atoms. The third-order valence-electron chi connectivity index (χ3n) is 5.29. The minimum absolute atomic E-state index is 0.0627. The summed E-state index contributed by atoms with van der Waals surface area (Å²) in [6.45, 7) is 9.07. The van der Waals surface area contributed by atoms with E-state index in [1.165, 1.54) is 4.88 Å². The summed E-state index contributed by atoms with van der Waals surface area (Å²) in [6, 6.07) is 15.3. The van der Waals surface area contributed by atoms with Crippen molar-refractivity contribution in [3.8, 4) is 22.8 Å². The summed E-state index contributed by atoms with van der Waals surface area (Å²) in [5.41, 5.74) is 8.44. The van der Waals surface area contributed by atoms with Crippen LogP contribution in [0.3, 0.4) is 0 Å². The second-order valence-electron chi connectivity index (χ2n) is 8.33. The van der Waals surface area contributed by atoms with Gasteiger partial charge in [0.1, 0.15) is 24.2 Å². The molecule has 0 saturated carbocycles. The number of nitrogens with zero attached hydrogens (tertiary/aromatic N) is 2. The molecule has 2 aromatic carbocycles. The van der Waals surface area contributed by atoms with Crippen molar-refractivity contribution in [2.24, 2.45) is 10.9 Å². The van der Waals surface area contributed by atoms with Gasteiger partial charge < -0.3 is 20.4 Å². The van der Waals surface area contributed by atoms with E-state index in [2.05, 4.69) is 45.0 Å². The van der Waals surface area contributed by atoms with Gasteiger partial charge in [0, 0.05) is 16.0 Å². The first-order valence-corrected chi connectivity index (χ1v) is 12.2. The summed E-state index contributed by atoms with van der Waals surface area (Å²) >= 11 is 1.76. The lowest BCUT2D eigenvalue weighted by molar-refractivity contribution is 0.119. The van der Waals surface area contributed by atoms with E-state index in [-0.39, 0.29) is 11.9 Å². The molecule has 0 aliphatic rings. The van der Waals surface area contributed by atoms with Gasteiger partial charge >= 0.3 is 0 Å². The number of amidine groups is 1. The fraction of sp³-hybridized carbons (Fsp3) is 0.385. The van der Waals surface area contributed by atoms with Crippen LogP contribution in [0.15, 0.2) is 53.7 Å². The Kier molecular flexibility index (Phi) is 8.72. The molecule has 0 fully saturated rings. The van der Waals surface area contributed by atoms with Gasteiger partial charge in [-0.1, -0.05) is 32.3 Å². The second kappa shape index (κ2) is 11.7. The van der Waals surface area contributed by atoms with Crippen LogP contribution in [-0.4, -0.2) is 28.7 Å². The fourth-order valence-electron chi connectivity index (χ4n) is 3.50. The molecule has 1 unspecified atom stereocenters. The summed E-state index contributed by atoms with van der Waals surface area (Å²) in [5.74, 6) is 2.05. The molecule has 1 aromatic heterocycles. The van der Waals surface area contributed by atoms with Crippen LogP contribution >= 0.6 is 11.3 Å². The molecule has 7 heteroatoms. The van der Waals surface area contributed by atoms with Gasteiger partial charge in [-0.3, -0.25) is 0 Å². The molecular weight excluding hydrogens is 434 g/mol. The van der Waals surface area contributed by atoms with E-state index in [0.29, 0.717) is 23.8 Å². The molecule has 3 rings (SSSR count). The lowest BCUT2D eigenvalue weighted by Crippen LogP contribution is -2.25. The molecule has 1 atom stereocenters. The monoisotopic (exact) mass is 467 g/mol. The maximum absolute atomic E-state index is 8.79. The van der Waals surface area contributed by atoms with Crippen LogP contribution in [0.2, 0.25) is 0 Å². The third-order valence-corrected chi connectivity index (χ3v) is 6.56. The summed E-state index contributed by atoms with van der Waals surface area (Å²) in [4.78, 5) is 6.06. The lowest BCUT2D eigenvalue weighted by atomic mass is 10.1. The molecule has 0 bridgehead atoms. The van der Waals surface area contributed by atoms with E-state index in [1.807, 2.05) is 12.1 Å². The number of rotatable bonds is 11. The van der Waals surface area contributed by atoms with E-state index >= 15 is 0 Å². The van der Waals surface area contributed by atoms with E-state index in [0.717, 1.165) is 41.3 Å². The number of aryl methyl sites for hydroxylation is 1. The molecule has 6 nitrogen and oxygen atoms in total. The fourth-order valence-corrected chi connectivity index (χ4v) is 4.45. The van der Waals surface area contributed by atoms with Crippen LogP contribution in [0.25, 0.3) is 11.3 Å².